The highest BCUT2D eigenvalue weighted by molar-refractivity contribution is 14.1. The molecule has 11 heavy (non-hydrogen) atoms. The second kappa shape index (κ2) is 2.60. The van der Waals surface area contributed by atoms with Gasteiger partial charge in [-0.15, -0.1) is 0 Å². The molecule has 5 heteroatoms. The highest BCUT2D eigenvalue weighted by Gasteiger charge is 2.03. The summed E-state index contributed by atoms with van der Waals surface area (Å²) in [6.45, 7) is 0. The van der Waals surface area contributed by atoms with E-state index in [4.69, 9.17) is 11.6 Å². The Kier molecular flexibility index (Phi) is 1.72. The van der Waals surface area contributed by atoms with Gasteiger partial charge in [0.05, 0.1) is 22.9 Å². The van der Waals surface area contributed by atoms with Gasteiger partial charge in [-0.25, -0.2) is 9.97 Å². The molecule has 0 atom stereocenters. The van der Waals surface area contributed by atoms with Crippen molar-refractivity contribution in [3.8, 4) is 0 Å². The van der Waals surface area contributed by atoms with Crippen molar-refractivity contribution in [2.75, 3.05) is 0 Å². The molecule has 2 aromatic rings. The molecular formula is C6H3ClIN3. The lowest BCUT2D eigenvalue weighted by atomic mass is 10.4. The van der Waals surface area contributed by atoms with Gasteiger partial charge in [0.2, 0.25) is 0 Å². The molecule has 0 aliphatic carbocycles. The minimum Gasteiger partial charge on any atom is -0.255 e. The van der Waals surface area contributed by atoms with E-state index in [1.807, 2.05) is 6.07 Å². The summed E-state index contributed by atoms with van der Waals surface area (Å²) in [5.74, 6) is 0. The number of hydrogen-bond donors (Lipinski definition) is 0. The molecule has 2 rings (SSSR count). The van der Waals surface area contributed by atoms with E-state index in [1.165, 1.54) is 6.33 Å². The fourth-order valence-corrected chi connectivity index (χ4v) is 1.63. The lowest BCUT2D eigenvalue weighted by Crippen LogP contribution is -1.82. The maximum absolute atomic E-state index is 5.84. The predicted octanol–water partition coefficient (Wildman–Crippen LogP) is 2.28. The number of fused-ring (bicyclic) bond motifs is 1. The summed E-state index contributed by atoms with van der Waals surface area (Å²) in [5.41, 5.74) is 0.852. The Morgan fingerprint density at radius 1 is 1.55 bits per heavy atom. The molecule has 0 N–H and O–H groups in total. The molecule has 0 bridgehead atoms. The van der Waals surface area contributed by atoms with Gasteiger partial charge >= 0.3 is 0 Å². The summed E-state index contributed by atoms with van der Waals surface area (Å²) in [6, 6.07) is 1.84. The van der Waals surface area contributed by atoms with Crippen LogP contribution in [-0.4, -0.2) is 12.7 Å². The van der Waals surface area contributed by atoms with E-state index < -0.39 is 0 Å². The minimum absolute atomic E-state index is 0.668. The molecule has 0 radical (unpaired) electrons. The number of halogens is 2. The highest BCUT2D eigenvalue weighted by atomic mass is 127. The number of aromatic nitrogens is 3. The molecule has 3 nitrogen and oxygen atoms in total. The van der Waals surface area contributed by atoms with Gasteiger partial charge in [0.25, 0.3) is 0 Å². The zero-order valence-electron chi connectivity index (χ0n) is 5.33. The van der Waals surface area contributed by atoms with Crippen LogP contribution >= 0.6 is 34.5 Å². The fraction of sp³-hybridized carbons (Fsp3) is 0. The van der Waals surface area contributed by atoms with Crippen LogP contribution in [0.15, 0.2) is 18.6 Å². The van der Waals surface area contributed by atoms with Gasteiger partial charge in [0, 0.05) is 11.6 Å². The van der Waals surface area contributed by atoms with Crippen LogP contribution in [0, 0.1) is 0 Å². The first kappa shape index (κ1) is 7.30. The second-order valence-electron chi connectivity index (χ2n) is 2.05. The first-order valence-corrected chi connectivity index (χ1v) is 4.26. The molecule has 2 heterocycles. The summed E-state index contributed by atoms with van der Waals surface area (Å²) < 4.78 is 1.79. The lowest BCUT2D eigenvalue weighted by molar-refractivity contribution is 1.19. The van der Waals surface area contributed by atoms with Crippen LogP contribution < -0.4 is 0 Å². The number of rotatable bonds is 0. The predicted molar refractivity (Wildman–Crippen MR) is 52.0 cm³/mol. The number of nitrogens with zero attached hydrogens (tertiary/aromatic N) is 3. The first-order chi connectivity index (χ1) is 5.29. The Morgan fingerprint density at radius 3 is 3.09 bits per heavy atom. The van der Waals surface area contributed by atoms with Crippen LogP contribution in [0.3, 0.4) is 0 Å². The normalized spacial score (nSPS) is 10.7. The van der Waals surface area contributed by atoms with Crippen molar-refractivity contribution in [1.29, 1.82) is 0 Å². The van der Waals surface area contributed by atoms with Gasteiger partial charge in [0.1, 0.15) is 11.5 Å². The van der Waals surface area contributed by atoms with E-state index in [0.717, 1.165) is 11.0 Å². The van der Waals surface area contributed by atoms with Crippen LogP contribution in [0.25, 0.3) is 11.0 Å². The summed E-state index contributed by atoms with van der Waals surface area (Å²) in [5, 5.41) is 1.63. The summed E-state index contributed by atoms with van der Waals surface area (Å²) in [7, 11) is 0. The summed E-state index contributed by atoms with van der Waals surface area (Å²) in [6.07, 6.45) is 3.25. The molecule has 0 aliphatic heterocycles. The average Bonchev–Trinajstić information content (AvgIpc) is 2.30. The fourth-order valence-electron chi connectivity index (χ4n) is 0.886. The molecule has 0 aliphatic rings. The lowest BCUT2D eigenvalue weighted by Gasteiger charge is -1.90. The van der Waals surface area contributed by atoms with Crippen LogP contribution in [0.5, 0.6) is 0 Å². The van der Waals surface area contributed by atoms with E-state index >= 15 is 0 Å². The van der Waals surface area contributed by atoms with Gasteiger partial charge in [-0.1, -0.05) is 11.6 Å². The van der Waals surface area contributed by atoms with E-state index in [1.54, 1.807) is 8.98 Å². The Hall–Kier alpha value is -0.360. The minimum atomic E-state index is 0.668. The zero-order chi connectivity index (χ0) is 7.84. The Morgan fingerprint density at radius 2 is 2.36 bits per heavy atom. The van der Waals surface area contributed by atoms with Gasteiger partial charge in [0.15, 0.2) is 5.65 Å². The van der Waals surface area contributed by atoms with Crippen molar-refractivity contribution in [2.24, 2.45) is 0 Å². The molecule has 2 aromatic heterocycles. The van der Waals surface area contributed by atoms with Crippen LogP contribution in [0.2, 0.25) is 5.15 Å². The van der Waals surface area contributed by atoms with Gasteiger partial charge < -0.3 is 0 Å². The van der Waals surface area contributed by atoms with E-state index in [0.29, 0.717) is 5.15 Å². The van der Waals surface area contributed by atoms with Crippen LogP contribution in [0.1, 0.15) is 0 Å². The summed E-state index contributed by atoms with van der Waals surface area (Å²) >= 11 is 7.93. The van der Waals surface area contributed by atoms with Gasteiger partial charge in [-0.05, 0) is 6.07 Å². The SMILES string of the molecule is Clc1cc2cncnc2n1I. The zero-order valence-corrected chi connectivity index (χ0v) is 8.24. The van der Waals surface area contributed by atoms with Crippen molar-refractivity contribution in [1.82, 2.24) is 12.7 Å². The molecular weight excluding hydrogens is 276 g/mol. The van der Waals surface area contributed by atoms with Gasteiger partial charge in [-0.2, -0.15) is 0 Å². The smallest absolute Gasteiger partial charge is 0.153 e. The Bertz CT molecular complexity index is 398. The second-order valence-corrected chi connectivity index (χ2v) is 3.40. The third kappa shape index (κ3) is 1.10. The van der Waals surface area contributed by atoms with Crippen molar-refractivity contribution in [2.45, 2.75) is 0 Å². The first-order valence-electron chi connectivity index (χ1n) is 2.92. The maximum atomic E-state index is 5.84. The maximum Gasteiger partial charge on any atom is 0.153 e. The highest BCUT2D eigenvalue weighted by Crippen LogP contribution is 2.22. The van der Waals surface area contributed by atoms with E-state index in [9.17, 15) is 0 Å². The van der Waals surface area contributed by atoms with Crippen LogP contribution in [-0.2, 0) is 0 Å². The molecule has 0 unspecified atom stereocenters. The van der Waals surface area contributed by atoms with Crippen molar-refractivity contribution in [3.63, 3.8) is 0 Å². The molecule has 0 saturated carbocycles. The largest absolute Gasteiger partial charge is 0.255 e. The van der Waals surface area contributed by atoms with E-state index in [-0.39, 0.29) is 0 Å². The average molecular weight is 279 g/mol. The van der Waals surface area contributed by atoms with Crippen molar-refractivity contribution < 1.29 is 0 Å². The monoisotopic (exact) mass is 279 g/mol. The summed E-state index contributed by atoms with van der Waals surface area (Å²) in [4.78, 5) is 7.94. The van der Waals surface area contributed by atoms with Crippen molar-refractivity contribution >= 4 is 45.5 Å². The Labute approximate surface area is 81.9 Å². The molecule has 0 saturated heterocycles. The quantitative estimate of drug-likeness (QED) is 0.693. The molecule has 0 fully saturated rings. The molecule has 0 spiro atoms. The van der Waals surface area contributed by atoms with E-state index in [2.05, 4.69) is 32.8 Å². The topological polar surface area (TPSA) is 30.7 Å². The van der Waals surface area contributed by atoms with Gasteiger partial charge in [-0.3, -0.25) is 2.78 Å². The molecule has 0 amide bonds. The Balaban J connectivity index is 2.92. The standard InChI is InChI=1S/C6H3ClIN3/c7-5-1-4-2-9-3-10-6(4)11(5)8/h1-3H. The molecule has 0 aromatic carbocycles. The third-order valence-corrected chi connectivity index (χ3v) is 2.91. The number of hydrogen-bond acceptors (Lipinski definition) is 2. The molecule has 56 valence electrons. The van der Waals surface area contributed by atoms with Crippen molar-refractivity contribution in [3.05, 3.63) is 23.7 Å². The van der Waals surface area contributed by atoms with Crippen LogP contribution in [0.4, 0.5) is 0 Å². The third-order valence-electron chi connectivity index (χ3n) is 1.37.